The fourth-order valence-corrected chi connectivity index (χ4v) is 0.856. The Balaban J connectivity index is 2.59. The molecule has 0 saturated carbocycles. The first-order valence-corrected chi connectivity index (χ1v) is 4.40. The third-order valence-electron chi connectivity index (χ3n) is 1.69. The van der Waals surface area contributed by atoms with E-state index in [-0.39, 0.29) is 5.75 Å². The number of aliphatic hydroxyl groups is 1. The van der Waals surface area contributed by atoms with Crippen LogP contribution in [0.15, 0.2) is 29.4 Å². The highest BCUT2D eigenvalue weighted by Gasteiger charge is 2.05. The number of phenols is 1. The van der Waals surface area contributed by atoms with Gasteiger partial charge < -0.3 is 10.2 Å². The SMILES string of the molecule is C[C@H](O)C(=O)N/N=C\c1ccccc1O. The number of para-hydroxylation sites is 1. The van der Waals surface area contributed by atoms with Gasteiger partial charge in [-0.05, 0) is 19.1 Å². The van der Waals surface area contributed by atoms with E-state index in [4.69, 9.17) is 5.11 Å². The van der Waals surface area contributed by atoms with Crippen LogP contribution in [-0.2, 0) is 4.79 Å². The predicted octanol–water partition coefficient (Wildman–Crippen LogP) is 0.223. The van der Waals surface area contributed by atoms with Gasteiger partial charge >= 0.3 is 0 Å². The second kappa shape index (κ2) is 5.11. The molecule has 3 N–H and O–H groups in total. The average molecular weight is 208 g/mol. The zero-order valence-corrected chi connectivity index (χ0v) is 8.21. The molecule has 0 radical (unpaired) electrons. The van der Waals surface area contributed by atoms with Gasteiger partial charge in [0.2, 0.25) is 0 Å². The van der Waals surface area contributed by atoms with Crippen molar-refractivity contribution in [2.24, 2.45) is 5.10 Å². The summed E-state index contributed by atoms with van der Waals surface area (Å²) >= 11 is 0. The molecule has 0 aliphatic rings. The van der Waals surface area contributed by atoms with Gasteiger partial charge in [-0.1, -0.05) is 12.1 Å². The van der Waals surface area contributed by atoms with E-state index in [1.54, 1.807) is 18.2 Å². The summed E-state index contributed by atoms with van der Waals surface area (Å²) in [6, 6.07) is 6.57. The summed E-state index contributed by atoms with van der Waals surface area (Å²) in [7, 11) is 0. The van der Waals surface area contributed by atoms with Gasteiger partial charge in [-0.25, -0.2) is 5.43 Å². The molecular weight excluding hydrogens is 196 g/mol. The van der Waals surface area contributed by atoms with Crippen molar-refractivity contribution in [3.8, 4) is 5.75 Å². The van der Waals surface area contributed by atoms with Gasteiger partial charge in [-0.2, -0.15) is 5.10 Å². The molecule has 1 aromatic carbocycles. The summed E-state index contributed by atoms with van der Waals surface area (Å²) in [4.78, 5) is 10.9. The van der Waals surface area contributed by atoms with Crippen LogP contribution in [0.25, 0.3) is 0 Å². The first-order valence-electron chi connectivity index (χ1n) is 4.40. The first kappa shape index (κ1) is 11.2. The van der Waals surface area contributed by atoms with Crippen molar-refractivity contribution < 1.29 is 15.0 Å². The van der Waals surface area contributed by atoms with Crippen LogP contribution in [0.2, 0.25) is 0 Å². The maximum absolute atomic E-state index is 10.9. The minimum atomic E-state index is -1.11. The number of hydrazone groups is 1. The van der Waals surface area contributed by atoms with Crippen molar-refractivity contribution in [2.75, 3.05) is 0 Å². The Kier molecular flexibility index (Phi) is 3.82. The zero-order chi connectivity index (χ0) is 11.3. The Morgan fingerprint density at radius 2 is 2.20 bits per heavy atom. The molecule has 0 heterocycles. The van der Waals surface area contributed by atoms with E-state index < -0.39 is 12.0 Å². The van der Waals surface area contributed by atoms with E-state index in [0.717, 1.165) is 0 Å². The molecule has 1 atom stereocenters. The number of rotatable bonds is 3. The van der Waals surface area contributed by atoms with E-state index in [2.05, 4.69) is 10.5 Å². The lowest BCUT2D eigenvalue weighted by atomic mass is 10.2. The molecule has 0 saturated heterocycles. The number of hydrogen-bond donors (Lipinski definition) is 3. The van der Waals surface area contributed by atoms with Gasteiger partial charge in [0.25, 0.3) is 5.91 Å². The second-order valence-corrected chi connectivity index (χ2v) is 2.97. The lowest BCUT2D eigenvalue weighted by molar-refractivity contribution is -0.128. The van der Waals surface area contributed by atoms with Crippen molar-refractivity contribution >= 4 is 12.1 Å². The van der Waals surface area contributed by atoms with Crippen LogP contribution in [0.3, 0.4) is 0 Å². The topological polar surface area (TPSA) is 81.9 Å². The van der Waals surface area contributed by atoms with Gasteiger partial charge in [0.15, 0.2) is 0 Å². The highest BCUT2D eigenvalue weighted by atomic mass is 16.3. The number of phenolic OH excluding ortho intramolecular Hbond substituents is 1. The van der Waals surface area contributed by atoms with Gasteiger partial charge in [0, 0.05) is 5.56 Å². The van der Waals surface area contributed by atoms with Crippen LogP contribution in [0.1, 0.15) is 12.5 Å². The number of nitrogens with zero attached hydrogens (tertiary/aromatic N) is 1. The molecule has 1 aromatic rings. The smallest absolute Gasteiger partial charge is 0.268 e. The van der Waals surface area contributed by atoms with Gasteiger partial charge in [-0.15, -0.1) is 0 Å². The Labute approximate surface area is 87.1 Å². The van der Waals surface area contributed by atoms with Gasteiger partial charge in [-0.3, -0.25) is 4.79 Å². The fourth-order valence-electron chi connectivity index (χ4n) is 0.856. The van der Waals surface area contributed by atoms with Crippen molar-refractivity contribution in [1.29, 1.82) is 0 Å². The zero-order valence-electron chi connectivity index (χ0n) is 8.21. The molecule has 0 bridgehead atoms. The highest BCUT2D eigenvalue weighted by molar-refractivity contribution is 5.85. The normalized spacial score (nSPS) is 12.7. The van der Waals surface area contributed by atoms with Crippen molar-refractivity contribution in [1.82, 2.24) is 5.43 Å². The highest BCUT2D eigenvalue weighted by Crippen LogP contribution is 2.12. The number of carbonyl (C=O) groups excluding carboxylic acids is 1. The Bertz CT molecular complexity index is 375. The maximum atomic E-state index is 10.9. The third kappa shape index (κ3) is 3.40. The van der Waals surface area contributed by atoms with Crippen molar-refractivity contribution in [3.05, 3.63) is 29.8 Å². The number of benzene rings is 1. The molecule has 5 nitrogen and oxygen atoms in total. The molecule has 0 spiro atoms. The van der Waals surface area contributed by atoms with E-state index in [1.807, 2.05) is 0 Å². The lowest BCUT2D eigenvalue weighted by Crippen LogP contribution is -2.28. The van der Waals surface area contributed by atoms with Crippen LogP contribution in [0.4, 0.5) is 0 Å². The number of aromatic hydroxyl groups is 1. The minimum Gasteiger partial charge on any atom is -0.507 e. The van der Waals surface area contributed by atoms with Crippen LogP contribution in [0.5, 0.6) is 5.75 Å². The van der Waals surface area contributed by atoms with Crippen LogP contribution >= 0.6 is 0 Å². The van der Waals surface area contributed by atoms with Crippen molar-refractivity contribution in [2.45, 2.75) is 13.0 Å². The molecule has 0 unspecified atom stereocenters. The Hall–Kier alpha value is -1.88. The van der Waals surface area contributed by atoms with E-state index >= 15 is 0 Å². The molecule has 0 aliphatic carbocycles. The number of nitrogens with one attached hydrogen (secondary N) is 1. The number of aliphatic hydroxyl groups excluding tert-OH is 1. The van der Waals surface area contributed by atoms with Gasteiger partial charge in [0.05, 0.1) is 6.21 Å². The molecule has 0 fully saturated rings. The summed E-state index contributed by atoms with van der Waals surface area (Å²) < 4.78 is 0. The molecule has 1 rings (SSSR count). The molecule has 5 heteroatoms. The quantitative estimate of drug-likeness (QED) is 0.491. The molecule has 0 aromatic heterocycles. The summed E-state index contributed by atoms with van der Waals surface area (Å²) in [5, 5.41) is 21.7. The monoisotopic (exact) mass is 208 g/mol. The standard InChI is InChI=1S/C10H12N2O3/c1-7(13)10(15)12-11-6-8-4-2-3-5-9(8)14/h2-7,13-14H,1H3,(H,12,15)/b11-6-/t7-/m0/s1. The third-order valence-corrected chi connectivity index (χ3v) is 1.69. The molecule has 80 valence electrons. The Morgan fingerprint density at radius 3 is 2.80 bits per heavy atom. The minimum absolute atomic E-state index is 0.0764. The predicted molar refractivity (Wildman–Crippen MR) is 55.5 cm³/mol. The first-order chi connectivity index (χ1) is 7.11. The summed E-state index contributed by atoms with van der Waals surface area (Å²) in [6.07, 6.45) is 0.196. The van der Waals surface area contributed by atoms with Crippen molar-refractivity contribution in [3.63, 3.8) is 0 Å². The summed E-state index contributed by atoms with van der Waals surface area (Å²) in [5.74, 6) is -0.519. The van der Waals surface area contributed by atoms with E-state index in [9.17, 15) is 9.90 Å². The lowest BCUT2D eigenvalue weighted by Gasteiger charge is -2.01. The maximum Gasteiger partial charge on any atom is 0.268 e. The van der Waals surface area contributed by atoms with Gasteiger partial charge in [0.1, 0.15) is 11.9 Å². The molecule has 15 heavy (non-hydrogen) atoms. The number of hydrogen-bond acceptors (Lipinski definition) is 4. The molecular formula is C10H12N2O3. The van der Waals surface area contributed by atoms with Crippen LogP contribution in [-0.4, -0.2) is 28.4 Å². The second-order valence-electron chi connectivity index (χ2n) is 2.97. The van der Waals surface area contributed by atoms with E-state index in [1.165, 1.54) is 19.2 Å². The number of carbonyl (C=O) groups is 1. The van der Waals surface area contributed by atoms with Crippen LogP contribution < -0.4 is 5.43 Å². The number of amides is 1. The fraction of sp³-hybridized carbons (Fsp3) is 0.200. The average Bonchev–Trinajstić information content (AvgIpc) is 2.20. The van der Waals surface area contributed by atoms with Crippen LogP contribution in [0, 0.1) is 0 Å². The Morgan fingerprint density at radius 1 is 1.53 bits per heavy atom. The largest absolute Gasteiger partial charge is 0.507 e. The summed E-state index contributed by atoms with van der Waals surface area (Å²) in [6.45, 7) is 1.34. The molecule has 1 amide bonds. The summed E-state index contributed by atoms with van der Waals surface area (Å²) in [5.41, 5.74) is 2.62. The van der Waals surface area contributed by atoms with E-state index in [0.29, 0.717) is 5.56 Å². The molecule has 0 aliphatic heterocycles.